The molecule has 0 fully saturated rings. The fourth-order valence-electron chi connectivity index (χ4n) is 3.14. The van der Waals surface area contributed by atoms with Crippen molar-refractivity contribution < 1.29 is 27.3 Å². The molecule has 0 bridgehead atoms. The molecule has 1 aromatic carbocycles. The third-order valence-electron chi connectivity index (χ3n) is 4.61. The molecule has 3 rings (SSSR count). The van der Waals surface area contributed by atoms with E-state index in [1.807, 2.05) is 30.3 Å². The molecule has 9 nitrogen and oxygen atoms in total. The molecule has 0 saturated carbocycles. The van der Waals surface area contributed by atoms with Crippen molar-refractivity contribution in [3.8, 4) is 11.1 Å². The number of aryl methyl sites for hydroxylation is 2. The number of hydrogen-bond acceptors (Lipinski definition) is 8. The van der Waals surface area contributed by atoms with Gasteiger partial charge in [-0.3, -0.25) is 4.79 Å². The number of likely N-dealkylation sites (N-methyl/N-ethyl adjacent to an activating group) is 1. The molecule has 1 amide bonds. The number of carbonyl (C=O) groups is 2. The van der Waals surface area contributed by atoms with Gasteiger partial charge in [0.25, 0.3) is 0 Å². The Morgan fingerprint density at radius 1 is 1.22 bits per heavy atom. The quantitative estimate of drug-likeness (QED) is 0.494. The predicted molar refractivity (Wildman–Crippen MR) is 120 cm³/mol. The number of hydrogen-bond donors (Lipinski definition) is 1. The van der Waals surface area contributed by atoms with E-state index in [1.165, 1.54) is 32.2 Å². The Hall–Kier alpha value is -3.02. The zero-order valence-corrected chi connectivity index (χ0v) is 19.7. The molecule has 3 aromatic rings. The Morgan fingerprint density at radius 2 is 1.91 bits per heavy atom. The van der Waals surface area contributed by atoms with E-state index in [0.717, 1.165) is 9.87 Å². The van der Waals surface area contributed by atoms with Gasteiger partial charge in [0, 0.05) is 18.0 Å². The van der Waals surface area contributed by atoms with Crippen LogP contribution in [-0.2, 0) is 19.6 Å². The van der Waals surface area contributed by atoms with Gasteiger partial charge in [0.05, 0.1) is 13.2 Å². The average Bonchev–Trinajstić information content (AvgIpc) is 3.31. The molecule has 1 N–H and O–H groups in total. The second-order valence-electron chi connectivity index (χ2n) is 6.90. The standard InChI is InChI=1S/C21H23N3O6S2/c1-5-29-21(26)18-16(15-9-7-6-8-10-15)12-31-20(18)22-17(25)11-24(4)32(27,28)19-13(2)23-30-14(19)3/h6-10,12H,5,11H2,1-4H3,(H,22,25). The van der Waals surface area contributed by atoms with E-state index in [0.29, 0.717) is 5.56 Å². The third-order valence-corrected chi connectivity index (χ3v) is 7.55. The van der Waals surface area contributed by atoms with Gasteiger partial charge in [-0.05, 0) is 26.3 Å². The number of anilines is 1. The number of rotatable bonds is 8. The van der Waals surface area contributed by atoms with Crippen LogP contribution in [0.1, 0.15) is 28.7 Å². The van der Waals surface area contributed by atoms with Crippen LogP contribution >= 0.6 is 11.3 Å². The monoisotopic (exact) mass is 477 g/mol. The number of amides is 1. The van der Waals surface area contributed by atoms with Gasteiger partial charge in [-0.25, -0.2) is 13.2 Å². The van der Waals surface area contributed by atoms with Crippen LogP contribution < -0.4 is 5.32 Å². The fourth-order valence-corrected chi connectivity index (χ4v) is 5.52. The number of esters is 1. The number of aromatic nitrogens is 1. The summed E-state index contributed by atoms with van der Waals surface area (Å²) in [7, 11) is -2.70. The number of ether oxygens (including phenoxy) is 1. The lowest BCUT2D eigenvalue weighted by molar-refractivity contribution is -0.116. The summed E-state index contributed by atoms with van der Waals surface area (Å²) >= 11 is 1.17. The maximum Gasteiger partial charge on any atom is 0.341 e. The first kappa shape index (κ1) is 23.6. The van der Waals surface area contributed by atoms with Crippen molar-refractivity contribution in [1.82, 2.24) is 9.46 Å². The van der Waals surface area contributed by atoms with Crippen LogP contribution in [-0.4, -0.2) is 50.0 Å². The topological polar surface area (TPSA) is 119 Å². The van der Waals surface area contributed by atoms with Gasteiger partial charge in [-0.15, -0.1) is 11.3 Å². The van der Waals surface area contributed by atoms with Crippen molar-refractivity contribution >= 4 is 38.2 Å². The molecule has 0 radical (unpaired) electrons. The lowest BCUT2D eigenvalue weighted by Crippen LogP contribution is -2.35. The normalized spacial score (nSPS) is 11.5. The average molecular weight is 478 g/mol. The molecular weight excluding hydrogens is 454 g/mol. The SMILES string of the molecule is CCOC(=O)c1c(-c2ccccc2)csc1NC(=O)CN(C)S(=O)(=O)c1c(C)noc1C. The van der Waals surface area contributed by atoms with E-state index in [1.54, 1.807) is 12.3 Å². The highest BCUT2D eigenvalue weighted by Gasteiger charge is 2.30. The summed E-state index contributed by atoms with van der Waals surface area (Å²) in [6.07, 6.45) is 0. The van der Waals surface area contributed by atoms with Crippen LogP contribution in [0.2, 0.25) is 0 Å². The lowest BCUT2D eigenvalue weighted by atomic mass is 10.0. The minimum atomic E-state index is -3.99. The van der Waals surface area contributed by atoms with Crippen molar-refractivity contribution in [2.24, 2.45) is 0 Å². The van der Waals surface area contributed by atoms with E-state index in [9.17, 15) is 18.0 Å². The van der Waals surface area contributed by atoms with Crippen molar-refractivity contribution in [2.75, 3.05) is 25.5 Å². The molecule has 0 atom stereocenters. The van der Waals surface area contributed by atoms with Crippen LogP contribution in [0.5, 0.6) is 0 Å². The highest BCUT2D eigenvalue weighted by molar-refractivity contribution is 7.89. The van der Waals surface area contributed by atoms with Crippen molar-refractivity contribution in [3.63, 3.8) is 0 Å². The zero-order chi connectivity index (χ0) is 23.5. The minimum absolute atomic E-state index is 0.0671. The zero-order valence-electron chi connectivity index (χ0n) is 18.0. The van der Waals surface area contributed by atoms with E-state index >= 15 is 0 Å². The molecule has 170 valence electrons. The van der Waals surface area contributed by atoms with Crippen molar-refractivity contribution in [3.05, 3.63) is 52.7 Å². The Balaban J connectivity index is 1.85. The molecule has 2 aromatic heterocycles. The Bertz CT molecular complexity index is 1210. The Labute approximate surface area is 190 Å². The molecule has 0 spiro atoms. The van der Waals surface area contributed by atoms with Gasteiger partial charge in [0.1, 0.15) is 21.2 Å². The molecule has 0 unspecified atom stereocenters. The van der Waals surface area contributed by atoms with Crippen molar-refractivity contribution in [2.45, 2.75) is 25.7 Å². The first-order chi connectivity index (χ1) is 15.2. The summed E-state index contributed by atoms with van der Waals surface area (Å²) in [5.74, 6) is -1.03. The summed E-state index contributed by atoms with van der Waals surface area (Å²) in [4.78, 5) is 25.2. The van der Waals surface area contributed by atoms with Crippen LogP contribution in [0.3, 0.4) is 0 Å². The third kappa shape index (κ3) is 4.74. The van der Waals surface area contributed by atoms with Crippen LogP contribution in [0, 0.1) is 13.8 Å². The van der Waals surface area contributed by atoms with E-state index in [2.05, 4.69) is 10.5 Å². The summed E-state index contributed by atoms with van der Waals surface area (Å²) < 4.78 is 36.7. The predicted octanol–water partition coefficient (Wildman–Crippen LogP) is 3.46. The van der Waals surface area contributed by atoms with Gasteiger partial charge < -0.3 is 14.6 Å². The van der Waals surface area contributed by atoms with Crippen LogP contribution in [0.4, 0.5) is 5.00 Å². The van der Waals surface area contributed by atoms with Crippen LogP contribution in [0.15, 0.2) is 45.1 Å². The Morgan fingerprint density at radius 3 is 2.50 bits per heavy atom. The molecule has 0 aliphatic rings. The molecule has 11 heteroatoms. The highest BCUT2D eigenvalue weighted by Crippen LogP contribution is 2.36. The van der Waals surface area contributed by atoms with Gasteiger partial charge in [-0.2, -0.15) is 4.31 Å². The van der Waals surface area contributed by atoms with Gasteiger partial charge in [-0.1, -0.05) is 35.5 Å². The Kier molecular flexibility index (Phi) is 7.12. The van der Waals surface area contributed by atoms with E-state index in [4.69, 9.17) is 9.26 Å². The molecule has 0 saturated heterocycles. The van der Waals surface area contributed by atoms with Gasteiger partial charge >= 0.3 is 5.97 Å². The molecular formula is C21H23N3O6S2. The largest absolute Gasteiger partial charge is 0.462 e. The fraction of sp³-hybridized carbons (Fsp3) is 0.286. The second-order valence-corrected chi connectivity index (χ2v) is 9.76. The smallest absolute Gasteiger partial charge is 0.341 e. The summed E-state index contributed by atoms with van der Waals surface area (Å²) in [6, 6.07) is 9.24. The van der Waals surface area contributed by atoms with Gasteiger partial charge in [0.2, 0.25) is 15.9 Å². The van der Waals surface area contributed by atoms with Gasteiger partial charge in [0.15, 0.2) is 5.76 Å². The van der Waals surface area contributed by atoms with E-state index < -0.39 is 28.4 Å². The number of nitrogens with one attached hydrogen (secondary N) is 1. The number of nitrogens with zero attached hydrogens (tertiary/aromatic N) is 2. The summed E-state index contributed by atoms with van der Waals surface area (Å²) in [5.41, 5.74) is 1.87. The molecule has 2 heterocycles. The molecule has 0 aliphatic heterocycles. The minimum Gasteiger partial charge on any atom is -0.462 e. The summed E-state index contributed by atoms with van der Waals surface area (Å²) in [6.45, 7) is 4.41. The second kappa shape index (κ2) is 9.63. The maximum absolute atomic E-state index is 12.8. The number of sulfonamides is 1. The lowest BCUT2D eigenvalue weighted by Gasteiger charge is -2.16. The van der Waals surface area contributed by atoms with Crippen LogP contribution in [0.25, 0.3) is 11.1 Å². The number of carbonyl (C=O) groups excluding carboxylic acids is 2. The molecule has 0 aliphatic carbocycles. The first-order valence-corrected chi connectivity index (χ1v) is 12.0. The summed E-state index contributed by atoms with van der Waals surface area (Å²) in [5, 5.41) is 8.35. The molecule has 32 heavy (non-hydrogen) atoms. The van der Waals surface area contributed by atoms with E-state index in [-0.39, 0.29) is 33.5 Å². The van der Waals surface area contributed by atoms with Crippen molar-refractivity contribution in [1.29, 1.82) is 0 Å². The number of thiophene rings is 1. The highest BCUT2D eigenvalue weighted by atomic mass is 32.2. The number of benzene rings is 1. The first-order valence-electron chi connectivity index (χ1n) is 9.69. The maximum atomic E-state index is 12.8.